The number of nitrogens with zero attached hydrogens (tertiary/aromatic N) is 6. The van der Waals surface area contributed by atoms with Gasteiger partial charge < -0.3 is 19.5 Å². The quantitative estimate of drug-likeness (QED) is 0.457. The molecular formula is C23H23N7O3. The van der Waals surface area contributed by atoms with Crippen LogP contribution in [0.4, 0.5) is 11.6 Å². The fourth-order valence-corrected chi connectivity index (χ4v) is 3.62. The molecule has 168 valence electrons. The van der Waals surface area contributed by atoms with Crippen molar-refractivity contribution in [2.45, 2.75) is 18.9 Å². The molecule has 0 aliphatic carbocycles. The highest BCUT2D eigenvalue weighted by Crippen LogP contribution is 2.28. The van der Waals surface area contributed by atoms with Gasteiger partial charge >= 0.3 is 0 Å². The first-order valence-electron chi connectivity index (χ1n) is 10.6. The van der Waals surface area contributed by atoms with Crippen LogP contribution in [0.3, 0.4) is 0 Å². The van der Waals surface area contributed by atoms with Crippen molar-refractivity contribution in [3.63, 3.8) is 0 Å². The van der Waals surface area contributed by atoms with Crippen LogP contribution in [0.1, 0.15) is 12.8 Å². The highest BCUT2D eigenvalue weighted by atomic mass is 16.5. The Bertz CT molecular complexity index is 1190. The summed E-state index contributed by atoms with van der Waals surface area (Å²) in [6, 6.07) is 15.4. The molecule has 10 heteroatoms. The summed E-state index contributed by atoms with van der Waals surface area (Å²) in [4.78, 5) is 9.00. The Morgan fingerprint density at radius 1 is 1.06 bits per heavy atom. The minimum atomic E-state index is 0.212. The second kappa shape index (κ2) is 9.61. The standard InChI is InChI=1S/C23H23N7O3/c1-31-22-14-17(4-7-21(22)30-15-25-28-29-30)26-23-24-11-8-20(27-23)16-2-5-18(6-3-16)33-19-9-12-32-13-10-19/h2-8,11,14-15,19H,9-10,12-13H2,1H3,(H,24,26,27). The molecule has 5 rings (SSSR count). The lowest BCUT2D eigenvalue weighted by Crippen LogP contribution is -2.25. The molecule has 1 fully saturated rings. The van der Waals surface area contributed by atoms with Crippen LogP contribution >= 0.6 is 0 Å². The van der Waals surface area contributed by atoms with Crippen LogP contribution in [0, 0.1) is 0 Å². The molecule has 1 aliphatic rings. The highest BCUT2D eigenvalue weighted by molar-refractivity contribution is 5.65. The molecule has 10 nitrogen and oxygen atoms in total. The molecule has 0 atom stereocenters. The number of rotatable bonds is 7. The number of ether oxygens (including phenoxy) is 3. The number of anilines is 2. The van der Waals surface area contributed by atoms with E-state index in [0.29, 0.717) is 11.7 Å². The second-order valence-electron chi connectivity index (χ2n) is 7.49. The molecular weight excluding hydrogens is 422 g/mol. The third-order valence-corrected chi connectivity index (χ3v) is 5.31. The minimum absolute atomic E-state index is 0.212. The van der Waals surface area contributed by atoms with Crippen molar-refractivity contribution >= 4 is 11.6 Å². The summed E-state index contributed by atoms with van der Waals surface area (Å²) in [5, 5.41) is 14.5. The predicted octanol–water partition coefficient (Wildman–Crippen LogP) is 3.43. The molecule has 0 spiro atoms. The number of benzene rings is 2. The van der Waals surface area contributed by atoms with Gasteiger partial charge in [0.25, 0.3) is 0 Å². The van der Waals surface area contributed by atoms with Gasteiger partial charge in [-0.05, 0) is 52.9 Å². The largest absolute Gasteiger partial charge is 0.494 e. The Balaban J connectivity index is 1.30. The van der Waals surface area contributed by atoms with Crippen molar-refractivity contribution in [3.05, 3.63) is 61.1 Å². The Morgan fingerprint density at radius 2 is 1.91 bits per heavy atom. The summed E-state index contributed by atoms with van der Waals surface area (Å²) >= 11 is 0. The Hall–Kier alpha value is -4.05. The zero-order chi connectivity index (χ0) is 22.5. The second-order valence-corrected chi connectivity index (χ2v) is 7.49. The first-order chi connectivity index (χ1) is 16.3. The number of nitrogens with one attached hydrogen (secondary N) is 1. The summed E-state index contributed by atoms with van der Waals surface area (Å²) in [5.74, 6) is 1.95. The van der Waals surface area contributed by atoms with Crippen LogP contribution in [0.25, 0.3) is 16.9 Å². The van der Waals surface area contributed by atoms with E-state index in [-0.39, 0.29) is 6.10 Å². The molecule has 0 amide bonds. The Kier molecular flexibility index (Phi) is 6.07. The van der Waals surface area contributed by atoms with Crippen LogP contribution in [0.15, 0.2) is 61.1 Å². The topological polar surface area (TPSA) is 109 Å². The average Bonchev–Trinajstić information content (AvgIpc) is 3.40. The van der Waals surface area contributed by atoms with Crippen LogP contribution in [-0.4, -0.2) is 56.6 Å². The smallest absolute Gasteiger partial charge is 0.227 e. The van der Waals surface area contributed by atoms with Crippen molar-refractivity contribution in [2.75, 3.05) is 25.6 Å². The van der Waals surface area contributed by atoms with Gasteiger partial charge in [0.05, 0.1) is 26.0 Å². The maximum Gasteiger partial charge on any atom is 0.227 e. The number of hydrogen-bond donors (Lipinski definition) is 1. The molecule has 2 aromatic carbocycles. The summed E-state index contributed by atoms with van der Waals surface area (Å²) in [7, 11) is 1.60. The summed E-state index contributed by atoms with van der Waals surface area (Å²) in [6.07, 6.45) is 5.29. The Morgan fingerprint density at radius 3 is 2.67 bits per heavy atom. The SMILES string of the molecule is COc1cc(Nc2nccc(-c3ccc(OC4CCOCC4)cc3)n2)ccc1-n1cnnn1. The third-order valence-electron chi connectivity index (χ3n) is 5.31. The van der Waals surface area contributed by atoms with Gasteiger partial charge in [0.2, 0.25) is 5.95 Å². The summed E-state index contributed by atoms with van der Waals surface area (Å²) in [5.41, 5.74) is 3.29. The molecule has 4 aromatic rings. The third kappa shape index (κ3) is 4.90. The normalized spacial score (nSPS) is 14.1. The minimum Gasteiger partial charge on any atom is -0.494 e. The zero-order valence-corrected chi connectivity index (χ0v) is 18.1. The molecule has 3 heterocycles. The van der Waals surface area contributed by atoms with E-state index in [9.17, 15) is 0 Å². The molecule has 2 aromatic heterocycles. The fraction of sp³-hybridized carbons (Fsp3) is 0.261. The monoisotopic (exact) mass is 445 g/mol. The van der Waals surface area contributed by atoms with Gasteiger partial charge in [-0.1, -0.05) is 0 Å². The molecule has 0 bridgehead atoms. The van der Waals surface area contributed by atoms with Gasteiger partial charge in [0, 0.05) is 36.4 Å². The van der Waals surface area contributed by atoms with E-state index in [1.807, 2.05) is 48.5 Å². The van der Waals surface area contributed by atoms with Crippen molar-refractivity contribution < 1.29 is 14.2 Å². The van der Waals surface area contributed by atoms with Crippen molar-refractivity contribution in [3.8, 4) is 28.4 Å². The lowest BCUT2D eigenvalue weighted by molar-refractivity contribution is 0.0256. The van der Waals surface area contributed by atoms with Crippen molar-refractivity contribution in [1.82, 2.24) is 30.2 Å². The number of aromatic nitrogens is 6. The van der Waals surface area contributed by atoms with Gasteiger partial charge in [-0.15, -0.1) is 5.10 Å². The lowest BCUT2D eigenvalue weighted by atomic mass is 10.1. The van der Waals surface area contributed by atoms with E-state index in [1.165, 1.54) is 11.0 Å². The maximum atomic E-state index is 6.06. The van der Waals surface area contributed by atoms with Crippen molar-refractivity contribution in [1.29, 1.82) is 0 Å². The number of methoxy groups -OCH3 is 1. The highest BCUT2D eigenvalue weighted by Gasteiger charge is 2.15. The average molecular weight is 445 g/mol. The van der Waals surface area contributed by atoms with E-state index in [0.717, 1.165) is 54.4 Å². The molecule has 1 aliphatic heterocycles. The zero-order valence-electron chi connectivity index (χ0n) is 18.1. The molecule has 1 N–H and O–H groups in total. The maximum absolute atomic E-state index is 6.06. The van der Waals surface area contributed by atoms with Gasteiger partial charge in [-0.25, -0.2) is 9.97 Å². The number of hydrogen-bond acceptors (Lipinski definition) is 9. The molecule has 0 radical (unpaired) electrons. The first-order valence-corrected chi connectivity index (χ1v) is 10.6. The van der Waals surface area contributed by atoms with Crippen molar-refractivity contribution in [2.24, 2.45) is 0 Å². The van der Waals surface area contributed by atoms with E-state index in [1.54, 1.807) is 13.3 Å². The van der Waals surface area contributed by atoms with Crippen LogP contribution < -0.4 is 14.8 Å². The lowest BCUT2D eigenvalue weighted by Gasteiger charge is -2.23. The van der Waals surface area contributed by atoms with E-state index < -0.39 is 0 Å². The van der Waals surface area contributed by atoms with Gasteiger partial charge in [0.1, 0.15) is 29.6 Å². The molecule has 1 saturated heterocycles. The molecule has 33 heavy (non-hydrogen) atoms. The molecule has 0 saturated carbocycles. The predicted molar refractivity (Wildman–Crippen MR) is 121 cm³/mol. The van der Waals surface area contributed by atoms with Crippen LogP contribution in [0.2, 0.25) is 0 Å². The summed E-state index contributed by atoms with van der Waals surface area (Å²) in [6.45, 7) is 1.51. The van der Waals surface area contributed by atoms with E-state index >= 15 is 0 Å². The Labute approximate surface area is 190 Å². The van der Waals surface area contributed by atoms with Gasteiger partial charge in [0.15, 0.2) is 0 Å². The van der Waals surface area contributed by atoms with Crippen LogP contribution in [0.5, 0.6) is 11.5 Å². The van der Waals surface area contributed by atoms with E-state index in [2.05, 4.69) is 30.8 Å². The fourth-order valence-electron chi connectivity index (χ4n) is 3.62. The first kappa shape index (κ1) is 20.8. The van der Waals surface area contributed by atoms with Gasteiger partial charge in [-0.2, -0.15) is 4.68 Å². The molecule has 0 unspecified atom stereocenters. The van der Waals surface area contributed by atoms with Crippen LogP contribution in [-0.2, 0) is 4.74 Å². The van der Waals surface area contributed by atoms with E-state index in [4.69, 9.17) is 14.2 Å². The number of tetrazole rings is 1. The summed E-state index contributed by atoms with van der Waals surface area (Å²) < 4.78 is 18.5. The van der Waals surface area contributed by atoms with Gasteiger partial charge in [-0.3, -0.25) is 0 Å².